The predicted molar refractivity (Wildman–Crippen MR) is 56.4 cm³/mol. The largest absolute Gasteiger partial charge is 0.384 e. The number of nitriles is 1. The standard InChI is InChI=1S/C10H14N2OS/c1-3-4-8-9(7-11)14-10(12-8)5-6-13-2/h3-6H2,1-2H3. The Hall–Kier alpha value is -0.920. The van der Waals surface area contributed by atoms with Crippen molar-refractivity contribution in [1.29, 1.82) is 5.26 Å². The summed E-state index contributed by atoms with van der Waals surface area (Å²) >= 11 is 1.49. The van der Waals surface area contributed by atoms with E-state index in [-0.39, 0.29) is 0 Å². The van der Waals surface area contributed by atoms with Crippen LogP contribution >= 0.6 is 11.3 Å². The maximum Gasteiger partial charge on any atom is 0.128 e. The Labute approximate surface area is 88.4 Å². The molecule has 3 nitrogen and oxygen atoms in total. The van der Waals surface area contributed by atoms with Crippen LogP contribution in [0.15, 0.2) is 0 Å². The molecule has 76 valence electrons. The van der Waals surface area contributed by atoms with E-state index in [9.17, 15) is 0 Å². The third-order valence-electron chi connectivity index (χ3n) is 1.85. The molecule has 0 aliphatic heterocycles. The Bertz CT molecular complexity index is 327. The van der Waals surface area contributed by atoms with Crippen molar-refractivity contribution < 1.29 is 4.74 Å². The van der Waals surface area contributed by atoms with E-state index in [0.717, 1.165) is 34.8 Å². The fraction of sp³-hybridized carbons (Fsp3) is 0.600. The Balaban J connectivity index is 2.74. The van der Waals surface area contributed by atoms with Crippen molar-refractivity contribution in [3.05, 3.63) is 15.6 Å². The lowest BCUT2D eigenvalue weighted by Crippen LogP contribution is -1.94. The third-order valence-corrected chi connectivity index (χ3v) is 2.91. The number of thiazole rings is 1. The van der Waals surface area contributed by atoms with Crippen LogP contribution in [0.2, 0.25) is 0 Å². The molecule has 0 N–H and O–H groups in total. The average Bonchev–Trinajstić information content (AvgIpc) is 2.58. The molecule has 0 bridgehead atoms. The van der Waals surface area contributed by atoms with E-state index in [1.165, 1.54) is 11.3 Å². The van der Waals surface area contributed by atoms with Crippen LogP contribution in [0.3, 0.4) is 0 Å². The molecule has 4 heteroatoms. The molecule has 1 aromatic heterocycles. The Morgan fingerprint density at radius 2 is 2.29 bits per heavy atom. The lowest BCUT2D eigenvalue weighted by Gasteiger charge is -1.93. The van der Waals surface area contributed by atoms with Crippen molar-refractivity contribution in [1.82, 2.24) is 4.98 Å². The summed E-state index contributed by atoms with van der Waals surface area (Å²) in [5, 5.41) is 9.88. The van der Waals surface area contributed by atoms with E-state index in [1.54, 1.807) is 7.11 Å². The van der Waals surface area contributed by atoms with Crippen LogP contribution < -0.4 is 0 Å². The van der Waals surface area contributed by atoms with Gasteiger partial charge in [0, 0.05) is 13.5 Å². The first-order chi connectivity index (χ1) is 6.81. The molecule has 1 heterocycles. The normalized spacial score (nSPS) is 10.1. The van der Waals surface area contributed by atoms with Crippen LogP contribution in [0.4, 0.5) is 0 Å². The molecule has 0 amide bonds. The molecule has 0 aliphatic carbocycles. The van der Waals surface area contributed by atoms with Gasteiger partial charge in [-0.25, -0.2) is 4.98 Å². The van der Waals surface area contributed by atoms with E-state index < -0.39 is 0 Å². The second kappa shape index (κ2) is 5.74. The van der Waals surface area contributed by atoms with Gasteiger partial charge in [0.2, 0.25) is 0 Å². The highest BCUT2D eigenvalue weighted by Crippen LogP contribution is 2.19. The van der Waals surface area contributed by atoms with Crippen molar-refractivity contribution in [2.45, 2.75) is 26.2 Å². The van der Waals surface area contributed by atoms with Gasteiger partial charge in [-0.1, -0.05) is 13.3 Å². The number of rotatable bonds is 5. The fourth-order valence-corrected chi connectivity index (χ4v) is 2.08. The Kier molecular flexibility index (Phi) is 4.57. The van der Waals surface area contributed by atoms with Crippen LogP contribution in [0.1, 0.15) is 28.9 Å². The van der Waals surface area contributed by atoms with Crippen molar-refractivity contribution in [3.63, 3.8) is 0 Å². The van der Waals surface area contributed by atoms with Crippen molar-refractivity contribution >= 4 is 11.3 Å². The highest BCUT2D eigenvalue weighted by atomic mass is 32.1. The molecule has 0 atom stereocenters. The number of methoxy groups -OCH3 is 1. The molecule has 1 rings (SSSR count). The first-order valence-corrected chi connectivity index (χ1v) is 5.51. The quantitative estimate of drug-likeness (QED) is 0.748. The van der Waals surface area contributed by atoms with Crippen molar-refractivity contribution in [3.8, 4) is 6.07 Å². The molecule has 0 saturated carbocycles. The molecule has 0 spiro atoms. The lowest BCUT2D eigenvalue weighted by atomic mass is 10.2. The summed E-state index contributed by atoms with van der Waals surface area (Å²) in [4.78, 5) is 5.19. The summed E-state index contributed by atoms with van der Waals surface area (Å²) in [5.74, 6) is 0. The zero-order valence-corrected chi connectivity index (χ0v) is 9.36. The number of aryl methyl sites for hydroxylation is 1. The first-order valence-electron chi connectivity index (χ1n) is 4.69. The van der Waals surface area contributed by atoms with E-state index in [1.807, 2.05) is 0 Å². The molecule has 0 aromatic carbocycles. The van der Waals surface area contributed by atoms with Gasteiger partial charge in [-0.15, -0.1) is 11.3 Å². The van der Waals surface area contributed by atoms with Crippen LogP contribution in [-0.2, 0) is 17.6 Å². The minimum absolute atomic E-state index is 0.671. The predicted octanol–water partition coefficient (Wildman–Crippen LogP) is 2.16. The molecule has 0 aliphatic rings. The molecular formula is C10H14N2OS. The number of nitrogens with zero attached hydrogens (tertiary/aromatic N) is 2. The van der Waals surface area contributed by atoms with Gasteiger partial charge in [-0.3, -0.25) is 0 Å². The molecule has 14 heavy (non-hydrogen) atoms. The van der Waals surface area contributed by atoms with E-state index >= 15 is 0 Å². The third kappa shape index (κ3) is 2.79. The Morgan fingerprint density at radius 1 is 1.50 bits per heavy atom. The topological polar surface area (TPSA) is 45.9 Å². The fourth-order valence-electron chi connectivity index (χ4n) is 1.19. The smallest absolute Gasteiger partial charge is 0.128 e. The van der Waals surface area contributed by atoms with Gasteiger partial charge in [-0.2, -0.15) is 5.26 Å². The molecule has 0 unspecified atom stereocenters. The minimum atomic E-state index is 0.671. The molecular weight excluding hydrogens is 196 g/mol. The number of ether oxygens (including phenoxy) is 1. The summed E-state index contributed by atoms with van der Waals surface area (Å²) in [6.45, 7) is 2.76. The van der Waals surface area contributed by atoms with Gasteiger partial charge in [0.25, 0.3) is 0 Å². The summed E-state index contributed by atoms with van der Waals surface area (Å²) in [6, 6.07) is 2.19. The molecule has 1 aromatic rings. The van der Waals surface area contributed by atoms with Gasteiger partial charge < -0.3 is 4.74 Å². The van der Waals surface area contributed by atoms with E-state index in [4.69, 9.17) is 10.00 Å². The summed E-state index contributed by atoms with van der Waals surface area (Å²) in [6.07, 6.45) is 2.73. The molecule has 0 radical (unpaired) electrons. The molecule has 0 saturated heterocycles. The van der Waals surface area contributed by atoms with Gasteiger partial charge in [0.15, 0.2) is 0 Å². The maximum atomic E-state index is 8.87. The van der Waals surface area contributed by atoms with Gasteiger partial charge in [0.05, 0.1) is 17.3 Å². The zero-order chi connectivity index (χ0) is 10.4. The first kappa shape index (κ1) is 11.2. The molecule has 0 fully saturated rings. The van der Waals surface area contributed by atoms with Crippen LogP contribution in [0.25, 0.3) is 0 Å². The van der Waals surface area contributed by atoms with Gasteiger partial charge >= 0.3 is 0 Å². The SMILES string of the molecule is CCCc1nc(CCOC)sc1C#N. The number of hydrogen-bond acceptors (Lipinski definition) is 4. The van der Waals surface area contributed by atoms with E-state index in [0.29, 0.717) is 6.61 Å². The van der Waals surface area contributed by atoms with Gasteiger partial charge in [0.1, 0.15) is 10.9 Å². The maximum absolute atomic E-state index is 8.87. The van der Waals surface area contributed by atoms with Crippen molar-refractivity contribution in [2.24, 2.45) is 0 Å². The van der Waals surface area contributed by atoms with Crippen LogP contribution in [0, 0.1) is 11.3 Å². The minimum Gasteiger partial charge on any atom is -0.384 e. The monoisotopic (exact) mass is 210 g/mol. The Morgan fingerprint density at radius 3 is 2.86 bits per heavy atom. The highest BCUT2D eigenvalue weighted by molar-refractivity contribution is 7.12. The van der Waals surface area contributed by atoms with Gasteiger partial charge in [-0.05, 0) is 6.42 Å². The summed E-state index contributed by atoms with van der Waals surface area (Å²) in [5.41, 5.74) is 0.950. The zero-order valence-electron chi connectivity index (χ0n) is 8.54. The summed E-state index contributed by atoms with van der Waals surface area (Å²) in [7, 11) is 1.67. The second-order valence-electron chi connectivity index (χ2n) is 2.99. The summed E-state index contributed by atoms with van der Waals surface area (Å²) < 4.78 is 4.97. The highest BCUT2D eigenvalue weighted by Gasteiger charge is 2.09. The van der Waals surface area contributed by atoms with Crippen LogP contribution in [0.5, 0.6) is 0 Å². The second-order valence-corrected chi connectivity index (χ2v) is 4.07. The average molecular weight is 210 g/mol. The lowest BCUT2D eigenvalue weighted by molar-refractivity contribution is 0.202. The number of aromatic nitrogens is 1. The number of hydrogen-bond donors (Lipinski definition) is 0. The van der Waals surface area contributed by atoms with Crippen molar-refractivity contribution in [2.75, 3.05) is 13.7 Å². The van der Waals surface area contributed by atoms with Crippen LogP contribution in [-0.4, -0.2) is 18.7 Å². The van der Waals surface area contributed by atoms with E-state index in [2.05, 4.69) is 18.0 Å².